The Morgan fingerprint density at radius 3 is 2.74 bits per heavy atom. The lowest BCUT2D eigenvalue weighted by Gasteiger charge is -2.04. The van der Waals surface area contributed by atoms with Crippen LogP contribution >= 0.6 is 0 Å². The number of fused-ring (bicyclic) bond motifs is 1. The zero-order chi connectivity index (χ0) is 14.0. The van der Waals surface area contributed by atoms with Crippen LogP contribution < -0.4 is 5.73 Å². The maximum Gasteiger partial charge on any atom is 0.335 e. The molecule has 2 rings (SSSR count). The van der Waals surface area contributed by atoms with E-state index in [-0.39, 0.29) is 0 Å². The molecule has 3 N–H and O–H groups in total. The number of aryl methyl sites for hydroxylation is 1. The van der Waals surface area contributed by atoms with Crippen molar-refractivity contribution in [1.82, 2.24) is 4.57 Å². The maximum atomic E-state index is 11.1. The fraction of sp³-hybridized carbons (Fsp3) is 0.400. The van der Waals surface area contributed by atoms with E-state index in [0.717, 1.165) is 23.9 Å². The summed E-state index contributed by atoms with van der Waals surface area (Å²) >= 11 is 0. The van der Waals surface area contributed by atoms with Crippen molar-refractivity contribution < 1.29 is 9.90 Å². The number of benzene rings is 1. The van der Waals surface area contributed by atoms with Crippen LogP contribution in [0.3, 0.4) is 0 Å². The van der Waals surface area contributed by atoms with Gasteiger partial charge >= 0.3 is 5.97 Å². The van der Waals surface area contributed by atoms with Crippen LogP contribution in [0.5, 0.6) is 0 Å². The number of rotatable bonds is 5. The molecule has 0 unspecified atom stereocenters. The van der Waals surface area contributed by atoms with Crippen LogP contribution in [0.1, 0.15) is 42.1 Å². The number of nitrogens with zero attached hydrogens (tertiary/aromatic N) is 1. The molecule has 1 aromatic heterocycles. The van der Waals surface area contributed by atoms with Gasteiger partial charge in [-0.15, -0.1) is 0 Å². The number of hydrogen-bond donors (Lipinski definition) is 2. The zero-order valence-corrected chi connectivity index (χ0v) is 11.4. The Labute approximate surface area is 112 Å². The molecule has 0 aliphatic carbocycles. The van der Waals surface area contributed by atoms with Gasteiger partial charge in [0, 0.05) is 23.6 Å². The first-order chi connectivity index (χ1) is 9.04. The first kappa shape index (κ1) is 13.6. The Morgan fingerprint density at radius 2 is 2.16 bits per heavy atom. The fourth-order valence-electron chi connectivity index (χ4n) is 2.36. The number of carboxylic acids is 1. The highest BCUT2D eigenvalue weighted by Crippen LogP contribution is 2.28. The van der Waals surface area contributed by atoms with Crippen molar-refractivity contribution in [3.63, 3.8) is 0 Å². The van der Waals surface area contributed by atoms with Crippen molar-refractivity contribution in [2.45, 2.75) is 32.7 Å². The summed E-state index contributed by atoms with van der Waals surface area (Å²) in [5.41, 5.74) is 8.17. The molecule has 4 heteroatoms. The molecule has 102 valence electrons. The van der Waals surface area contributed by atoms with Crippen molar-refractivity contribution in [1.29, 1.82) is 0 Å². The smallest absolute Gasteiger partial charge is 0.335 e. The highest BCUT2D eigenvalue weighted by Gasteiger charge is 2.13. The summed E-state index contributed by atoms with van der Waals surface area (Å²) in [6.45, 7) is 5.76. The molecule has 1 heterocycles. The molecule has 2 aromatic rings. The van der Waals surface area contributed by atoms with Gasteiger partial charge in [-0.25, -0.2) is 4.79 Å². The van der Waals surface area contributed by atoms with Crippen molar-refractivity contribution in [2.75, 3.05) is 6.54 Å². The summed E-state index contributed by atoms with van der Waals surface area (Å²) < 4.78 is 2.17. The second-order valence-electron chi connectivity index (χ2n) is 5.11. The SMILES string of the molecule is CC(C)c1cn(CCCN)c2ccc(C(=O)O)cc12. The minimum Gasteiger partial charge on any atom is -0.478 e. The van der Waals surface area contributed by atoms with E-state index in [1.54, 1.807) is 12.1 Å². The number of carbonyl (C=O) groups is 1. The lowest BCUT2D eigenvalue weighted by molar-refractivity contribution is 0.0697. The normalized spacial score (nSPS) is 11.4. The van der Waals surface area contributed by atoms with Crippen molar-refractivity contribution >= 4 is 16.9 Å². The topological polar surface area (TPSA) is 68.2 Å². The third-order valence-electron chi connectivity index (χ3n) is 3.38. The van der Waals surface area contributed by atoms with Gasteiger partial charge < -0.3 is 15.4 Å². The van der Waals surface area contributed by atoms with E-state index < -0.39 is 5.97 Å². The van der Waals surface area contributed by atoms with Crippen LogP contribution in [0.25, 0.3) is 10.9 Å². The standard InChI is InChI=1S/C15H20N2O2/c1-10(2)13-9-17(7-3-6-16)14-5-4-11(15(18)19)8-12(13)14/h4-5,8-10H,3,6-7,16H2,1-2H3,(H,18,19). The molecule has 0 aliphatic rings. The van der Waals surface area contributed by atoms with E-state index in [2.05, 4.69) is 24.6 Å². The van der Waals surface area contributed by atoms with Gasteiger partial charge in [0.25, 0.3) is 0 Å². The number of carboxylic acid groups (broad SMARTS) is 1. The molecule has 0 saturated heterocycles. The minimum absolute atomic E-state index is 0.339. The number of hydrogen-bond acceptors (Lipinski definition) is 2. The third kappa shape index (κ3) is 2.63. The number of aromatic nitrogens is 1. The molecule has 0 bridgehead atoms. The monoisotopic (exact) mass is 260 g/mol. The molecule has 1 aromatic carbocycles. The van der Waals surface area contributed by atoms with Gasteiger partial charge in [0.05, 0.1) is 5.56 Å². The summed E-state index contributed by atoms with van der Waals surface area (Å²) in [5.74, 6) is -0.517. The van der Waals surface area contributed by atoms with Gasteiger partial charge in [-0.2, -0.15) is 0 Å². The lowest BCUT2D eigenvalue weighted by Crippen LogP contribution is -2.05. The van der Waals surface area contributed by atoms with E-state index in [1.807, 2.05) is 6.07 Å². The maximum absolute atomic E-state index is 11.1. The summed E-state index contributed by atoms with van der Waals surface area (Å²) in [6, 6.07) is 5.32. The molecule has 0 atom stereocenters. The summed E-state index contributed by atoms with van der Waals surface area (Å²) in [7, 11) is 0. The molecule has 0 aliphatic heterocycles. The van der Waals surface area contributed by atoms with E-state index in [4.69, 9.17) is 10.8 Å². The lowest BCUT2D eigenvalue weighted by atomic mass is 10.0. The van der Waals surface area contributed by atoms with E-state index in [1.165, 1.54) is 5.56 Å². The van der Waals surface area contributed by atoms with Crippen LogP contribution in [0, 0.1) is 0 Å². The molecule has 0 saturated carbocycles. The fourth-order valence-corrected chi connectivity index (χ4v) is 2.36. The van der Waals surface area contributed by atoms with Crippen molar-refractivity contribution in [3.8, 4) is 0 Å². The Balaban J connectivity index is 2.57. The van der Waals surface area contributed by atoms with E-state index in [0.29, 0.717) is 18.0 Å². The second-order valence-corrected chi connectivity index (χ2v) is 5.11. The van der Waals surface area contributed by atoms with Gasteiger partial charge in [0.15, 0.2) is 0 Å². The quantitative estimate of drug-likeness (QED) is 0.868. The average Bonchev–Trinajstić information content (AvgIpc) is 2.74. The van der Waals surface area contributed by atoms with Gasteiger partial charge in [0.1, 0.15) is 0 Å². The third-order valence-corrected chi connectivity index (χ3v) is 3.38. The van der Waals surface area contributed by atoms with Crippen molar-refractivity contribution in [3.05, 3.63) is 35.5 Å². The van der Waals surface area contributed by atoms with E-state index >= 15 is 0 Å². The average molecular weight is 260 g/mol. The first-order valence-electron chi connectivity index (χ1n) is 6.60. The predicted octanol–water partition coefficient (Wildman–Crippen LogP) is 2.81. The number of aromatic carboxylic acids is 1. The Kier molecular flexibility index (Phi) is 3.90. The Morgan fingerprint density at radius 1 is 1.42 bits per heavy atom. The molecule has 4 nitrogen and oxygen atoms in total. The summed E-state index contributed by atoms with van der Waals surface area (Å²) in [5, 5.41) is 10.1. The number of nitrogens with two attached hydrogens (primary N) is 1. The van der Waals surface area contributed by atoms with Gasteiger partial charge in [-0.05, 0) is 42.6 Å². The molecular formula is C15H20N2O2. The second kappa shape index (κ2) is 5.45. The van der Waals surface area contributed by atoms with Gasteiger partial charge in [-0.1, -0.05) is 13.8 Å². The Bertz CT molecular complexity index is 599. The minimum atomic E-state index is -0.883. The van der Waals surface area contributed by atoms with Crippen LogP contribution in [0.4, 0.5) is 0 Å². The summed E-state index contributed by atoms with van der Waals surface area (Å²) in [4.78, 5) is 11.1. The van der Waals surface area contributed by atoms with E-state index in [9.17, 15) is 4.79 Å². The molecule has 0 radical (unpaired) electrons. The van der Waals surface area contributed by atoms with Crippen LogP contribution in [-0.2, 0) is 6.54 Å². The van der Waals surface area contributed by atoms with Crippen molar-refractivity contribution in [2.24, 2.45) is 5.73 Å². The largest absolute Gasteiger partial charge is 0.478 e. The van der Waals surface area contributed by atoms with Gasteiger partial charge in [0.2, 0.25) is 0 Å². The van der Waals surface area contributed by atoms with Crippen LogP contribution in [0.2, 0.25) is 0 Å². The first-order valence-corrected chi connectivity index (χ1v) is 6.60. The summed E-state index contributed by atoms with van der Waals surface area (Å²) in [6.07, 6.45) is 3.04. The predicted molar refractivity (Wildman–Crippen MR) is 76.7 cm³/mol. The zero-order valence-electron chi connectivity index (χ0n) is 11.4. The van der Waals surface area contributed by atoms with Gasteiger partial charge in [-0.3, -0.25) is 0 Å². The molecular weight excluding hydrogens is 240 g/mol. The molecule has 0 fully saturated rings. The van der Waals surface area contributed by atoms with Crippen LogP contribution in [0.15, 0.2) is 24.4 Å². The van der Waals surface area contributed by atoms with Crippen LogP contribution in [-0.4, -0.2) is 22.2 Å². The Hall–Kier alpha value is -1.81. The molecule has 19 heavy (non-hydrogen) atoms. The highest BCUT2D eigenvalue weighted by atomic mass is 16.4. The highest BCUT2D eigenvalue weighted by molar-refractivity contribution is 5.95. The molecule has 0 amide bonds. The molecule has 0 spiro atoms.